The summed E-state index contributed by atoms with van der Waals surface area (Å²) >= 11 is 0. The number of hydrogen-bond acceptors (Lipinski definition) is 4. The number of methoxy groups -OCH3 is 1. The number of anilines is 3. The number of ether oxygens (including phenoxy) is 1. The van der Waals surface area contributed by atoms with Crippen molar-refractivity contribution in [2.45, 2.75) is 6.18 Å². The second kappa shape index (κ2) is 6.33. The molecule has 1 amide bonds. The predicted octanol–water partition coefficient (Wildman–Crippen LogP) is 4.02. The van der Waals surface area contributed by atoms with Crippen LogP contribution in [0, 0.1) is 0 Å². The van der Waals surface area contributed by atoms with Gasteiger partial charge in [-0.2, -0.15) is 13.2 Å². The van der Waals surface area contributed by atoms with Gasteiger partial charge in [-0.3, -0.25) is 5.32 Å². The Balaban J connectivity index is 2.17. The van der Waals surface area contributed by atoms with Crippen molar-refractivity contribution in [2.75, 3.05) is 17.7 Å². The number of benzene rings is 1. The Labute approximate surface area is 124 Å². The zero-order chi connectivity index (χ0) is 16.2. The highest BCUT2D eigenvalue weighted by Gasteiger charge is 2.33. The molecule has 1 aromatic heterocycles. The van der Waals surface area contributed by atoms with Crippen LogP contribution in [-0.2, 0) is 10.9 Å². The van der Waals surface area contributed by atoms with Gasteiger partial charge in [0, 0.05) is 0 Å². The van der Waals surface area contributed by atoms with Gasteiger partial charge in [0.05, 0.1) is 30.2 Å². The summed E-state index contributed by atoms with van der Waals surface area (Å²) in [6.07, 6.45) is -3.82. The van der Waals surface area contributed by atoms with E-state index < -0.39 is 17.8 Å². The Hall–Kier alpha value is -2.77. The van der Waals surface area contributed by atoms with E-state index in [2.05, 4.69) is 20.4 Å². The van der Waals surface area contributed by atoms with Gasteiger partial charge in [-0.05, 0) is 24.3 Å². The predicted molar refractivity (Wildman–Crippen MR) is 75.0 cm³/mol. The van der Waals surface area contributed by atoms with E-state index >= 15 is 0 Å². The molecular weight excluding hydrogens is 299 g/mol. The van der Waals surface area contributed by atoms with Gasteiger partial charge >= 0.3 is 12.3 Å². The van der Waals surface area contributed by atoms with Crippen LogP contribution < -0.4 is 10.6 Å². The van der Waals surface area contributed by atoms with Gasteiger partial charge in [-0.25, -0.2) is 9.78 Å². The first-order chi connectivity index (χ1) is 10.4. The average Bonchev–Trinajstić information content (AvgIpc) is 2.48. The number of rotatable bonds is 3. The maximum atomic E-state index is 12.9. The zero-order valence-corrected chi connectivity index (χ0v) is 11.4. The minimum absolute atomic E-state index is 0.101. The molecule has 1 heterocycles. The summed E-state index contributed by atoms with van der Waals surface area (Å²) in [4.78, 5) is 14.9. The monoisotopic (exact) mass is 311 g/mol. The SMILES string of the molecule is COC(=O)Nc1ccc(Nc2ccccc2C(F)(F)F)nc1. The average molecular weight is 311 g/mol. The van der Waals surface area contributed by atoms with Crippen LogP contribution in [0.15, 0.2) is 42.6 Å². The lowest BCUT2D eigenvalue weighted by Crippen LogP contribution is -2.11. The van der Waals surface area contributed by atoms with Crippen LogP contribution in [0.3, 0.4) is 0 Å². The van der Waals surface area contributed by atoms with Crippen LogP contribution in [0.5, 0.6) is 0 Å². The maximum absolute atomic E-state index is 12.9. The third-order valence-electron chi connectivity index (χ3n) is 2.69. The molecule has 5 nitrogen and oxygen atoms in total. The lowest BCUT2D eigenvalue weighted by molar-refractivity contribution is -0.136. The van der Waals surface area contributed by atoms with E-state index in [1.807, 2.05) is 0 Å². The van der Waals surface area contributed by atoms with E-state index in [4.69, 9.17) is 0 Å². The second-order valence-corrected chi connectivity index (χ2v) is 4.22. The van der Waals surface area contributed by atoms with Crippen molar-refractivity contribution in [3.63, 3.8) is 0 Å². The second-order valence-electron chi connectivity index (χ2n) is 4.22. The molecule has 0 spiro atoms. The molecule has 1 aromatic carbocycles. The first kappa shape index (κ1) is 15.6. The molecule has 0 atom stereocenters. The van der Waals surface area contributed by atoms with Crippen LogP contribution in [0.4, 0.5) is 35.2 Å². The number of carbonyl (C=O) groups is 1. The Morgan fingerprint density at radius 3 is 2.50 bits per heavy atom. The Morgan fingerprint density at radius 1 is 1.18 bits per heavy atom. The summed E-state index contributed by atoms with van der Waals surface area (Å²) in [6, 6.07) is 8.02. The largest absolute Gasteiger partial charge is 0.453 e. The van der Waals surface area contributed by atoms with Gasteiger partial charge in [-0.15, -0.1) is 0 Å². The third-order valence-corrected chi connectivity index (χ3v) is 2.69. The number of pyridine rings is 1. The van der Waals surface area contributed by atoms with Crippen molar-refractivity contribution in [3.05, 3.63) is 48.2 Å². The number of hydrogen-bond donors (Lipinski definition) is 2. The molecule has 0 aliphatic heterocycles. The lowest BCUT2D eigenvalue weighted by Gasteiger charge is -2.14. The number of halogens is 3. The topological polar surface area (TPSA) is 63.2 Å². The normalized spacial score (nSPS) is 10.9. The van der Waals surface area contributed by atoms with Gasteiger partial charge in [0.2, 0.25) is 0 Å². The number of carbonyl (C=O) groups excluding carboxylic acids is 1. The van der Waals surface area contributed by atoms with Crippen LogP contribution >= 0.6 is 0 Å². The van der Waals surface area contributed by atoms with Gasteiger partial charge in [0.1, 0.15) is 5.82 Å². The van der Waals surface area contributed by atoms with Gasteiger partial charge in [0.15, 0.2) is 0 Å². The van der Waals surface area contributed by atoms with E-state index in [1.165, 1.54) is 43.6 Å². The minimum Gasteiger partial charge on any atom is -0.453 e. The number of nitrogens with one attached hydrogen (secondary N) is 2. The molecule has 0 aliphatic carbocycles. The fraction of sp³-hybridized carbons (Fsp3) is 0.143. The van der Waals surface area contributed by atoms with Crippen molar-refractivity contribution in [1.29, 1.82) is 0 Å². The number of aromatic nitrogens is 1. The highest BCUT2D eigenvalue weighted by atomic mass is 19.4. The first-order valence-corrected chi connectivity index (χ1v) is 6.14. The summed E-state index contributed by atoms with van der Waals surface area (Å²) in [7, 11) is 1.22. The number of nitrogens with zero attached hydrogens (tertiary/aromatic N) is 1. The minimum atomic E-state index is -4.46. The molecule has 8 heteroatoms. The lowest BCUT2D eigenvalue weighted by atomic mass is 10.1. The summed E-state index contributed by atoms with van der Waals surface area (Å²) in [6.45, 7) is 0. The van der Waals surface area contributed by atoms with Gasteiger partial charge in [0.25, 0.3) is 0 Å². The van der Waals surface area contributed by atoms with Crippen molar-refractivity contribution in [3.8, 4) is 0 Å². The molecule has 0 saturated carbocycles. The highest BCUT2D eigenvalue weighted by molar-refractivity contribution is 5.84. The molecule has 0 fully saturated rings. The zero-order valence-electron chi connectivity index (χ0n) is 11.4. The van der Waals surface area contributed by atoms with Crippen molar-refractivity contribution < 1.29 is 22.7 Å². The highest BCUT2D eigenvalue weighted by Crippen LogP contribution is 2.35. The molecular formula is C14H12F3N3O2. The van der Waals surface area contributed by atoms with E-state index in [0.717, 1.165) is 6.07 Å². The van der Waals surface area contributed by atoms with Crippen molar-refractivity contribution >= 4 is 23.3 Å². The fourth-order valence-electron chi connectivity index (χ4n) is 1.69. The quantitative estimate of drug-likeness (QED) is 0.898. The van der Waals surface area contributed by atoms with E-state index in [1.54, 1.807) is 0 Å². The van der Waals surface area contributed by atoms with Crippen LogP contribution in [0.1, 0.15) is 5.56 Å². The van der Waals surface area contributed by atoms with Crippen LogP contribution in [0.2, 0.25) is 0 Å². The van der Waals surface area contributed by atoms with Crippen molar-refractivity contribution in [2.24, 2.45) is 0 Å². The van der Waals surface area contributed by atoms with E-state index in [9.17, 15) is 18.0 Å². The third kappa shape index (κ3) is 3.87. The molecule has 2 N–H and O–H groups in total. The molecule has 2 aromatic rings. The summed E-state index contributed by atoms with van der Waals surface area (Å²) in [5.41, 5.74) is -0.522. The number of amides is 1. The molecule has 2 rings (SSSR count). The Morgan fingerprint density at radius 2 is 1.91 bits per heavy atom. The van der Waals surface area contributed by atoms with Crippen LogP contribution in [-0.4, -0.2) is 18.2 Å². The Bertz CT molecular complexity index is 657. The molecule has 0 unspecified atom stereocenters. The smallest absolute Gasteiger partial charge is 0.418 e. The van der Waals surface area contributed by atoms with Crippen molar-refractivity contribution in [1.82, 2.24) is 4.98 Å². The van der Waals surface area contributed by atoms with E-state index in [0.29, 0.717) is 5.69 Å². The molecule has 0 bridgehead atoms. The van der Waals surface area contributed by atoms with E-state index in [-0.39, 0.29) is 11.5 Å². The number of para-hydroxylation sites is 1. The summed E-state index contributed by atoms with van der Waals surface area (Å²) in [5.74, 6) is 0.215. The maximum Gasteiger partial charge on any atom is 0.418 e. The first-order valence-electron chi connectivity index (χ1n) is 6.14. The molecule has 0 aliphatic rings. The Kier molecular flexibility index (Phi) is 4.50. The van der Waals surface area contributed by atoms with Gasteiger partial charge < -0.3 is 10.1 Å². The fourth-order valence-corrected chi connectivity index (χ4v) is 1.69. The number of alkyl halides is 3. The molecule has 22 heavy (non-hydrogen) atoms. The summed E-state index contributed by atoms with van der Waals surface area (Å²) < 4.78 is 43.0. The standard InChI is InChI=1S/C14H12F3N3O2/c1-22-13(21)19-9-6-7-12(18-8-9)20-11-5-3-2-4-10(11)14(15,16)17/h2-8H,1H3,(H,18,20)(H,19,21). The molecule has 0 radical (unpaired) electrons. The summed E-state index contributed by atoms with van der Waals surface area (Å²) in [5, 5.41) is 4.99. The van der Waals surface area contributed by atoms with Gasteiger partial charge in [-0.1, -0.05) is 12.1 Å². The van der Waals surface area contributed by atoms with Crippen LogP contribution in [0.25, 0.3) is 0 Å². The molecule has 116 valence electrons. The molecule has 0 saturated heterocycles.